The molecule has 0 aliphatic heterocycles. The highest BCUT2D eigenvalue weighted by Crippen LogP contribution is 2.54. The van der Waals surface area contributed by atoms with Crippen LogP contribution >= 0.6 is 0 Å². The lowest BCUT2D eigenvalue weighted by molar-refractivity contribution is 0.660. The minimum atomic E-state index is -0.205. The molecule has 280 valence electrons. The number of rotatable bonds is 7. The number of anilines is 3. The van der Waals surface area contributed by atoms with Gasteiger partial charge in [-0.2, -0.15) is 0 Å². The molecular formula is C54H38N4O. The summed E-state index contributed by atoms with van der Waals surface area (Å²) in [5.41, 5.74) is 15.0. The summed E-state index contributed by atoms with van der Waals surface area (Å²) in [7, 11) is 0. The van der Waals surface area contributed by atoms with E-state index >= 15 is 0 Å². The Morgan fingerprint density at radius 3 is 1.63 bits per heavy atom. The summed E-state index contributed by atoms with van der Waals surface area (Å²) in [5.74, 6) is 1.84. The zero-order chi connectivity index (χ0) is 39.5. The van der Waals surface area contributed by atoms with Gasteiger partial charge in [-0.15, -0.1) is 0 Å². The van der Waals surface area contributed by atoms with E-state index in [2.05, 4.69) is 152 Å². The molecule has 8 aromatic carbocycles. The molecule has 0 fully saturated rings. The first-order chi connectivity index (χ1) is 29.0. The number of hydrogen-bond donors (Lipinski definition) is 0. The van der Waals surface area contributed by atoms with Crippen molar-refractivity contribution in [3.63, 3.8) is 0 Å². The molecule has 2 heterocycles. The van der Waals surface area contributed by atoms with Gasteiger partial charge in [-0.25, -0.2) is 15.0 Å². The summed E-state index contributed by atoms with van der Waals surface area (Å²) >= 11 is 0. The number of hydrogen-bond acceptors (Lipinski definition) is 5. The lowest BCUT2D eigenvalue weighted by Crippen LogP contribution is -2.20. The maximum absolute atomic E-state index is 6.61. The summed E-state index contributed by atoms with van der Waals surface area (Å²) in [5, 5.41) is 2.06. The number of nitrogens with zero attached hydrogens (tertiary/aromatic N) is 4. The molecule has 5 nitrogen and oxygen atoms in total. The smallest absolute Gasteiger partial charge is 0.164 e. The van der Waals surface area contributed by atoms with Gasteiger partial charge < -0.3 is 9.32 Å². The molecule has 0 N–H and O–H groups in total. The molecule has 59 heavy (non-hydrogen) atoms. The Hall–Kier alpha value is -7.63. The molecule has 11 rings (SSSR count). The van der Waals surface area contributed by atoms with Crippen molar-refractivity contribution in [1.82, 2.24) is 15.0 Å². The van der Waals surface area contributed by atoms with E-state index in [9.17, 15) is 0 Å². The quantitative estimate of drug-likeness (QED) is 0.162. The number of furan rings is 1. The van der Waals surface area contributed by atoms with Crippen molar-refractivity contribution in [2.45, 2.75) is 19.3 Å². The fourth-order valence-corrected chi connectivity index (χ4v) is 8.85. The van der Waals surface area contributed by atoms with E-state index in [1.54, 1.807) is 0 Å². The molecule has 0 unspecified atom stereocenters. The van der Waals surface area contributed by atoms with Gasteiger partial charge in [0.15, 0.2) is 17.5 Å². The van der Waals surface area contributed by atoms with Crippen molar-refractivity contribution in [3.05, 3.63) is 205 Å². The molecular weight excluding hydrogens is 721 g/mol. The normalized spacial score (nSPS) is 12.7. The number of aromatic nitrogens is 3. The Morgan fingerprint density at radius 2 is 0.949 bits per heavy atom. The van der Waals surface area contributed by atoms with Gasteiger partial charge in [-0.1, -0.05) is 159 Å². The van der Waals surface area contributed by atoms with Gasteiger partial charge in [0.2, 0.25) is 0 Å². The summed E-state index contributed by atoms with van der Waals surface area (Å²) in [6.45, 7) is 4.70. The number of fused-ring (bicyclic) bond motifs is 6. The third-order valence-corrected chi connectivity index (χ3v) is 11.7. The lowest BCUT2D eigenvalue weighted by atomic mass is 9.81. The fraction of sp³-hybridized carbons (Fsp3) is 0.0556. The van der Waals surface area contributed by atoms with Crippen LogP contribution in [-0.2, 0) is 5.41 Å². The fourth-order valence-electron chi connectivity index (χ4n) is 8.85. The molecule has 10 aromatic rings. The monoisotopic (exact) mass is 758 g/mol. The van der Waals surface area contributed by atoms with Gasteiger partial charge in [0, 0.05) is 44.3 Å². The van der Waals surface area contributed by atoms with Crippen LogP contribution < -0.4 is 4.90 Å². The average Bonchev–Trinajstić information content (AvgIpc) is 3.78. The summed E-state index contributed by atoms with van der Waals surface area (Å²) in [6, 6.07) is 68.0. The van der Waals surface area contributed by atoms with E-state index in [-0.39, 0.29) is 5.41 Å². The third-order valence-electron chi connectivity index (χ3n) is 11.7. The number of benzene rings is 8. The van der Waals surface area contributed by atoms with Crippen molar-refractivity contribution in [3.8, 4) is 56.4 Å². The van der Waals surface area contributed by atoms with Crippen molar-refractivity contribution in [2.75, 3.05) is 4.90 Å². The Bertz CT molecular complexity index is 3120. The maximum Gasteiger partial charge on any atom is 0.164 e. The molecule has 0 spiro atoms. The van der Waals surface area contributed by atoms with E-state index in [1.165, 1.54) is 33.4 Å². The Balaban J connectivity index is 1.05. The average molecular weight is 759 g/mol. The van der Waals surface area contributed by atoms with Crippen molar-refractivity contribution < 1.29 is 4.42 Å². The lowest BCUT2D eigenvalue weighted by Gasteiger charge is -2.32. The van der Waals surface area contributed by atoms with Crippen LogP contribution in [-0.4, -0.2) is 15.0 Å². The van der Waals surface area contributed by atoms with E-state index < -0.39 is 0 Å². The van der Waals surface area contributed by atoms with Crippen LogP contribution in [0.2, 0.25) is 0 Å². The van der Waals surface area contributed by atoms with Crippen LogP contribution in [0.5, 0.6) is 0 Å². The minimum Gasteiger partial charge on any atom is -0.456 e. The molecule has 5 heteroatoms. The van der Waals surface area contributed by atoms with Gasteiger partial charge in [0.1, 0.15) is 11.2 Å². The minimum absolute atomic E-state index is 0.205. The van der Waals surface area contributed by atoms with Crippen LogP contribution in [0.1, 0.15) is 25.0 Å². The largest absolute Gasteiger partial charge is 0.456 e. The van der Waals surface area contributed by atoms with Gasteiger partial charge >= 0.3 is 0 Å². The highest BCUT2D eigenvalue weighted by molar-refractivity contribution is 6.07. The molecule has 0 saturated heterocycles. The maximum atomic E-state index is 6.61. The summed E-state index contributed by atoms with van der Waals surface area (Å²) in [6.07, 6.45) is 0. The predicted molar refractivity (Wildman–Crippen MR) is 241 cm³/mol. The molecule has 1 aliphatic rings. The molecule has 0 radical (unpaired) electrons. The Kier molecular flexibility index (Phi) is 8.09. The predicted octanol–water partition coefficient (Wildman–Crippen LogP) is 14.2. The van der Waals surface area contributed by atoms with Crippen LogP contribution in [0.4, 0.5) is 17.1 Å². The first-order valence-electron chi connectivity index (χ1n) is 20.0. The highest BCUT2D eigenvalue weighted by atomic mass is 16.3. The molecule has 0 atom stereocenters. The van der Waals surface area contributed by atoms with Gasteiger partial charge in [0.05, 0.1) is 5.69 Å². The first kappa shape index (κ1) is 34.6. The molecule has 0 bridgehead atoms. The zero-order valence-electron chi connectivity index (χ0n) is 32.7. The second-order valence-corrected chi connectivity index (χ2v) is 15.7. The molecule has 0 amide bonds. The Morgan fingerprint density at radius 1 is 0.407 bits per heavy atom. The van der Waals surface area contributed by atoms with Gasteiger partial charge in [0.25, 0.3) is 0 Å². The van der Waals surface area contributed by atoms with E-state index in [1.807, 2.05) is 60.7 Å². The van der Waals surface area contributed by atoms with Gasteiger partial charge in [-0.3, -0.25) is 0 Å². The van der Waals surface area contributed by atoms with Gasteiger partial charge in [-0.05, 0) is 81.9 Å². The van der Waals surface area contributed by atoms with Crippen LogP contribution in [0.3, 0.4) is 0 Å². The van der Waals surface area contributed by atoms with Crippen molar-refractivity contribution >= 4 is 39.0 Å². The second kappa shape index (κ2) is 13.8. The topological polar surface area (TPSA) is 55.1 Å². The second-order valence-electron chi connectivity index (χ2n) is 15.7. The molecule has 1 aliphatic carbocycles. The van der Waals surface area contributed by atoms with E-state index in [0.29, 0.717) is 17.5 Å². The van der Waals surface area contributed by atoms with E-state index in [4.69, 9.17) is 19.4 Å². The highest BCUT2D eigenvalue weighted by Gasteiger charge is 2.38. The van der Waals surface area contributed by atoms with Crippen LogP contribution in [0, 0.1) is 0 Å². The van der Waals surface area contributed by atoms with Crippen LogP contribution in [0.25, 0.3) is 78.4 Å². The third kappa shape index (κ3) is 5.90. The zero-order valence-corrected chi connectivity index (χ0v) is 32.7. The Labute approximate surface area is 342 Å². The van der Waals surface area contributed by atoms with Crippen molar-refractivity contribution in [2.24, 2.45) is 0 Å². The van der Waals surface area contributed by atoms with E-state index in [0.717, 1.165) is 55.7 Å². The summed E-state index contributed by atoms with van der Waals surface area (Å²) < 4.78 is 6.61. The molecule has 2 aromatic heterocycles. The first-order valence-corrected chi connectivity index (χ1v) is 20.0. The SMILES string of the molecule is CC1(C)c2ccccc2-c2cccc(N(c3ccc(-c4ccccc4)cc3)c3ccc4oc5cc(-c6nc(-c7ccccc7)nc(-c7ccccc7)n6)ccc5c4c3)c21. The standard InChI is InChI=1S/C54H38N4O/c1-54(2)46-23-13-12-21-42(46)44-22-14-24-47(50(44)54)58(40-28-25-36(26-29-40)35-15-6-3-7-16-35)41-30-32-48-45(34-41)43-31-27-39(33-49(43)59-48)53-56-51(37-17-8-4-9-18-37)55-52(57-53)38-19-10-5-11-20-38/h3-34H,1-2H3. The van der Waals surface area contributed by atoms with Crippen molar-refractivity contribution in [1.29, 1.82) is 0 Å². The molecule has 0 saturated carbocycles. The summed E-state index contributed by atoms with van der Waals surface area (Å²) in [4.78, 5) is 17.2. The van der Waals surface area contributed by atoms with Crippen LogP contribution in [0.15, 0.2) is 199 Å².